The van der Waals surface area contributed by atoms with Crippen LogP contribution in [0.1, 0.15) is 0 Å². The predicted octanol–water partition coefficient (Wildman–Crippen LogP) is 2.63. The number of hydrogen-bond donors (Lipinski definition) is 0. The fourth-order valence-corrected chi connectivity index (χ4v) is 0.173. The highest BCUT2D eigenvalue weighted by Gasteiger charge is 2.23. The Morgan fingerprint density at radius 1 is 1.00 bits per heavy atom. The van der Waals surface area contributed by atoms with Crippen LogP contribution in [0.3, 0.4) is 0 Å². The van der Waals surface area contributed by atoms with Gasteiger partial charge in [0.15, 0.2) is 0 Å². The fraction of sp³-hybridized carbons (Fsp3) is 0.200. The lowest BCUT2D eigenvalue weighted by Gasteiger charge is -1.90. The number of halogens is 6. The highest BCUT2D eigenvalue weighted by molar-refractivity contribution is 5.24. The summed E-state index contributed by atoms with van der Waals surface area (Å²) in [5, 5.41) is 0. The lowest BCUT2D eigenvalue weighted by atomic mass is 10.5. The number of alkyl halides is 3. The standard InChI is InChI=1S/C5F6/c6-3(4(7)8)1-2-5(9,10)11. The summed E-state index contributed by atoms with van der Waals surface area (Å²) in [5.41, 5.74) is 0. The Hall–Kier alpha value is -1.12. The molecule has 0 spiro atoms. The summed E-state index contributed by atoms with van der Waals surface area (Å²) in [5.74, 6) is -1.41. The van der Waals surface area contributed by atoms with Gasteiger partial charge in [-0.25, -0.2) is 0 Å². The summed E-state index contributed by atoms with van der Waals surface area (Å²) in [7, 11) is 0. The average molecular weight is 174 g/mol. The van der Waals surface area contributed by atoms with E-state index in [9.17, 15) is 26.3 Å². The van der Waals surface area contributed by atoms with E-state index in [0.29, 0.717) is 11.8 Å². The lowest BCUT2D eigenvalue weighted by Crippen LogP contribution is -2.01. The first-order chi connectivity index (χ1) is 4.83. The third-order valence-electron chi connectivity index (χ3n) is 0.480. The second kappa shape index (κ2) is 3.32. The first kappa shape index (κ1) is 9.88. The quantitative estimate of drug-likeness (QED) is 0.391. The molecule has 11 heavy (non-hydrogen) atoms. The van der Waals surface area contributed by atoms with Crippen LogP contribution >= 0.6 is 0 Å². The summed E-state index contributed by atoms with van der Waals surface area (Å²) in [6.45, 7) is 0. The second-order valence-electron chi connectivity index (χ2n) is 1.32. The maximum Gasteiger partial charge on any atom is 0.458 e. The predicted molar refractivity (Wildman–Crippen MR) is 24.2 cm³/mol. The van der Waals surface area contributed by atoms with Crippen molar-refractivity contribution < 1.29 is 26.3 Å². The van der Waals surface area contributed by atoms with E-state index in [1.54, 1.807) is 0 Å². The molecule has 0 nitrogen and oxygen atoms in total. The van der Waals surface area contributed by atoms with E-state index in [1.165, 1.54) is 0 Å². The molecule has 0 aromatic carbocycles. The SMILES string of the molecule is FC(F)=C(F)C#CC(F)(F)F. The molecule has 0 aliphatic heterocycles. The molecule has 0 N–H and O–H groups in total. The van der Waals surface area contributed by atoms with E-state index in [4.69, 9.17) is 0 Å². The van der Waals surface area contributed by atoms with Crippen molar-refractivity contribution in [3.63, 3.8) is 0 Å². The van der Waals surface area contributed by atoms with Crippen molar-refractivity contribution >= 4 is 0 Å². The largest absolute Gasteiger partial charge is 0.458 e. The monoisotopic (exact) mass is 174 g/mol. The van der Waals surface area contributed by atoms with Crippen molar-refractivity contribution in [1.29, 1.82) is 0 Å². The zero-order valence-corrected chi connectivity index (χ0v) is 4.77. The Morgan fingerprint density at radius 3 is 1.73 bits per heavy atom. The number of allylic oxidation sites excluding steroid dienone is 1. The highest BCUT2D eigenvalue weighted by atomic mass is 19.4. The van der Waals surface area contributed by atoms with Gasteiger partial charge >= 0.3 is 12.3 Å². The molecule has 0 aromatic rings. The number of hydrogen-bond acceptors (Lipinski definition) is 0. The van der Waals surface area contributed by atoms with Gasteiger partial charge in [-0.2, -0.15) is 26.3 Å². The Kier molecular flexibility index (Phi) is 2.99. The first-order valence-electron chi connectivity index (χ1n) is 2.13. The van der Waals surface area contributed by atoms with E-state index >= 15 is 0 Å². The van der Waals surface area contributed by atoms with E-state index < -0.39 is 18.1 Å². The first-order valence-corrected chi connectivity index (χ1v) is 2.13. The molecule has 0 radical (unpaired) electrons. The topological polar surface area (TPSA) is 0 Å². The van der Waals surface area contributed by atoms with Crippen LogP contribution in [0.25, 0.3) is 0 Å². The zero-order valence-electron chi connectivity index (χ0n) is 4.77. The maximum absolute atomic E-state index is 11.5. The molecular weight excluding hydrogens is 174 g/mol. The van der Waals surface area contributed by atoms with E-state index in [-0.39, 0.29) is 0 Å². The van der Waals surface area contributed by atoms with Crippen molar-refractivity contribution in [2.75, 3.05) is 0 Å². The molecule has 0 fully saturated rings. The summed E-state index contributed by atoms with van der Waals surface area (Å²) in [6.07, 6.45) is -7.81. The molecule has 62 valence electrons. The molecule has 0 rings (SSSR count). The molecule has 0 atom stereocenters. The van der Waals surface area contributed by atoms with Gasteiger partial charge in [-0.1, -0.05) is 0 Å². The second-order valence-corrected chi connectivity index (χ2v) is 1.32. The summed E-state index contributed by atoms with van der Waals surface area (Å²) >= 11 is 0. The van der Waals surface area contributed by atoms with Crippen LogP contribution in [0.4, 0.5) is 26.3 Å². The zero-order chi connectivity index (χ0) is 9.07. The molecule has 6 heteroatoms. The minimum atomic E-state index is -4.95. The molecule has 0 bridgehead atoms. The Balaban J connectivity index is 4.45. The van der Waals surface area contributed by atoms with Gasteiger partial charge in [0.2, 0.25) is 5.83 Å². The summed E-state index contributed by atoms with van der Waals surface area (Å²) < 4.78 is 66.8. The Morgan fingerprint density at radius 2 is 1.45 bits per heavy atom. The normalized spacial score (nSPS) is 10.0. The Labute approximate surface area is 57.5 Å². The third kappa shape index (κ3) is 5.33. The lowest BCUT2D eigenvalue weighted by molar-refractivity contribution is -0.0697. The minimum absolute atomic E-state index is 0.340. The molecule has 0 heterocycles. The Bertz CT molecular complexity index is 220. The van der Waals surface area contributed by atoms with Gasteiger partial charge in [0.05, 0.1) is 0 Å². The smallest absolute Gasteiger partial charge is 0.191 e. The van der Waals surface area contributed by atoms with Crippen LogP contribution in [-0.2, 0) is 0 Å². The van der Waals surface area contributed by atoms with Crippen molar-refractivity contribution in [2.45, 2.75) is 6.18 Å². The molecular formula is C5F6. The molecule has 0 unspecified atom stereocenters. The van der Waals surface area contributed by atoms with Gasteiger partial charge in [-0.15, -0.1) is 0 Å². The van der Waals surface area contributed by atoms with Gasteiger partial charge in [0, 0.05) is 5.92 Å². The van der Waals surface area contributed by atoms with E-state index in [1.807, 2.05) is 0 Å². The van der Waals surface area contributed by atoms with Gasteiger partial charge in [0.25, 0.3) is 0 Å². The van der Waals surface area contributed by atoms with Crippen molar-refractivity contribution in [3.8, 4) is 11.8 Å². The molecule has 0 saturated heterocycles. The van der Waals surface area contributed by atoms with E-state index in [0.717, 1.165) is 0 Å². The minimum Gasteiger partial charge on any atom is -0.191 e. The molecule has 0 amide bonds. The van der Waals surface area contributed by atoms with Crippen LogP contribution in [0.2, 0.25) is 0 Å². The summed E-state index contributed by atoms with van der Waals surface area (Å²) in [6, 6.07) is 0. The average Bonchev–Trinajstić information content (AvgIpc) is 1.80. The van der Waals surface area contributed by atoms with Crippen LogP contribution in [0.15, 0.2) is 11.9 Å². The molecule has 0 saturated carbocycles. The highest BCUT2D eigenvalue weighted by Crippen LogP contribution is 2.14. The summed E-state index contributed by atoms with van der Waals surface area (Å²) in [4.78, 5) is 0. The van der Waals surface area contributed by atoms with E-state index in [2.05, 4.69) is 0 Å². The van der Waals surface area contributed by atoms with Gasteiger partial charge < -0.3 is 0 Å². The van der Waals surface area contributed by atoms with Crippen LogP contribution in [0, 0.1) is 11.8 Å². The van der Waals surface area contributed by atoms with Crippen LogP contribution in [0.5, 0.6) is 0 Å². The van der Waals surface area contributed by atoms with Gasteiger partial charge in [0.1, 0.15) is 0 Å². The molecule has 0 aromatic heterocycles. The van der Waals surface area contributed by atoms with Crippen molar-refractivity contribution in [2.24, 2.45) is 0 Å². The molecule has 0 aliphatic carbocycles. The number of rotatable bonds is 0. The van der Waals surface area contributed by atoms with Crippen LogP contribution in [-0.4, -0.2) is 6.18 Å². The van der Waals surface area contributed by atoms with Gasteiger partial charge in [-0.3, -0.25) is 0 Å². The van der Waals surface area contributed by atoms with Crippen molar-refractivity contribution in [3.05, 3.63) is 11.9 Å². The third-order valence-corrected chi connectivity index (χ3v) is 0.480. The van der Waals surface area contributed by atoms with Gasteiger partial charge in [-0.05, 0) is 5.92 Å². The fourth-order valence-electron chi connectivity index (χ4n) is 0.173. The maximum atomic E-state index is 11.5. The molecule has 0 aliphatic rings. The van der Waals surface area contributed by atoms with Crippen LogP contribution < -0.4 is 0 Å². The van der Waals surface area contributed by atoms with Crippen molar-refractivity contribution in [1.82, 2.24) is 0 Å².